The number of carbonyl (C=O) groups excluding carboxylic acids is 2. The first-order valence-electron chi connectivity index (χ1n) is 6.96. The van der Waals surface area contributed by atoms with E-state index >= 15 is 0 Å². The molecule has 0 atom stereocenters. The zero-order valence-corrected chi connectivity index (χ0v) is 12.4. The Morgan fingerprint density at radius 3 is 2.05 bits per heavy atom. The molecular formula is C15H23N3O2. The summed E-state index contributed by atoms with van der Waals surface area (Å²) in [6, 6.07) is 7.55. The van der Waals surface area contributed by atoms with Crippen molar-refractivity contribution in [3.05, 3.63) is 29.8 Å². The van der Waals surface area contributed by atoms with Gasteiger partial charge in [0, 0.05) is 44.4 Å². The molecule has 0 heterocycles. The minimum Gasteiger partial charge on any atom is -0.372 e. The summed E-state index contributed by atoms with van der Waals surface area (Å²) >= 11 is 0. The fraction of sp³-hybridized carbons (Fsp3) is 0.467. The molecule has 2 N–H and O–H groups in total. The van der Waals surface area contributed by atoms with Crippen LogP contribution in [0, 0.1) is 0 Å². The highest BCUT2D eigenvalue weighted by atomic mass is 16.2. The SMILES string of the molecule is CCN(CC)c1ccc(C(=O)NCCNC(C)=O)cc1. The highest BCUT2D eigenvalue weighted by molar-refractivity contribution is 5.94. The van der Waals surface area contributed by atoms with Crippen molar-refractivity contribution in [1.29, 1.82) is 0 Å². The first-order chi connectivity index (χ1) is 9.58. The van der Waals surface area contributed by atoms with Gasteiger partial charge in [-0.1, -0.05) is 0 Å². The lowest BCUT2D eigenvalue weighted by atomic mass is 10.2. The van der Waals surface area contributed by atoms with Crippen molar-refractivity contribution in [2.75, 3.05) is 31.1 Å². The average Bonchev–Trinajstić information content (AvgIpc) is 2.45. The Hall–Kier alpha value is -2.04. The normalized spacial score (nSPS) is 9.95. The molecule has 0 spiro atoms. The van der Waals surface area contributed by atoms with Gasteiger partial charge in [0.25, 0.3) is 5.91 Å². The zero-order valence-electron chi connectivity index (χ0n) is 12.4. The van der Waals surface area contributed by atoms with Crippen molar-refractivity contribution < 1.29 is 9.59 Å². The number of rotatable bonds is 7. The second-order valence-electron chi connectivity index (χ2n) is 4.46. The summed E-state index contributed by atoms with van der Waals surface area (Å²) in [4.78, 5) is 24.8. The lowest BCUT2D eigenvalue weighted by Crippen LogP contribution is -2.33. The molecular weight excluding hydrogens is 254 g/mol. The molecule has 0 saturated heterocycles. The van der Waals surface area contributed by atoms with Gasteiger partial charge in [0.15, 0.2) is 0 Å². The van der Waals surface area contributed by atoms with Gasteiger partial charge in [0.2, 0.25) is 5.91 Å². The number of nitrogens with zero attached hydrogens (tertiary/aromatic N) is 1. The molecule has 0 bridgehead atoms. The second-order valence-corrected chi connectivity index (χ2v) is 4.46. The van der Waals surface area contributed by atoms with Gasteiger partial charge in [0.1, 0.15) is 0 Å². The van der Waals surface area contributed by atoms with Crippen molar-refractivity contribution in [3.63, 3.8) is 0 Å². The number of anilines is 1. The van der Waals surface area contributed by atoms with E-state index in [2.05, 4.69) is 29.4 Å². The molecule has 0 fully saturated rings. The Morgan fingerprint density at radius 1 is 1.00 bits per heavy atom. The number of hydrogen-bond donors (Lipinski definition) is 2. The fourth-order valence-electron chi connectivity index (χ4n) is 1.93. The van der Waals surface area contributed by atoms with Crippen LogP contribution in [0.2, 0.25) is 0 Å². The molecule has 0 radical (unpaired) electrons. The van der Waals surface area contributed by atoms with E-state index < -0.39 is 0 Å². The van der Waals surface area contributed by atoms with Gasteiger partial charge in [-0.2, -0.15) is 0 Å². The highest BCUT2D eigenvalue weighted by Gasteiger charge is 2.06. The van der Waals surface area contributed by atoms with E-state index in [9.17, 15) is 9.59 Å². The molecule has 5 heteroatoms. The third kappa shape index (κ3) is 4.91. The van der Waals surface area contributed by atoms with E-state index in [0.29, 0.717) is 18.7 Å². The van der Waals surface area contributed by atoms with Crippen molar-refractivity contribution in [2.45, 2.75) is 20.8 Å². The van der Waals surface area contributed by atoms with Crippen LogP contribution < -0.4 is 15.5 Å². The molecule has 0 aliphatic carbocycles. The lowest BCUT2D eigenvalue weighted by molar-refractivity contribution is -0.118. The van der Waals surface area contributed by atoms with Gasteiger partial charge < -0.3 is 15.5 Å². The summed E-state index contributed by atoms with van der Waals surface area (Å²) in [6.45, 7) is 8.42. The largest absolute Gasteiger partial charge is 0.372 e. The molecule has 1 rings (SSSR count). The average molecular weight is 277 g/mol. The van der Waals surface area contributed by atoms with Crippen LogP contribution in [0.3, 0.4) is 0 Å². The Labute approximate surface area is 120 Å². The predicted octanol–water partition coefficient (Wildman–Crippen LogP) is 1.40. The van der Waals surface area contributed by atoms with Crippen LogP contribution in [0.15, 0.2) is 24.3 Å². The summed E-state index contributed by atoms with van der Waals surface area (Å²) in [7, 11) is 0. The van der Waals surface area contributed by atoms with Gasteiger partial charge in [-0.15, -0.1) is 0 Å². The molecule has 1 aromatic rings. The summed E-state index contributed by atoms with van der Waals surface area (Å²) in [5, 5.41) is 5.39. The quantitative estimate of drug-likeness (QED) is 0.741. The smallest absolute Gasteiger partial charge is 0.251 e. The Morgan fingerprint density at radius 2 is 1.55 bits per heavy atom. The molecule has 20 heavy (non-hydrogen) atoms. The van der Waals surface area contributed by atoms with Crippen LogP contribution in [0.5, 0.6) is 0 Å². The second kappa shape index (κ2) is 8.19. The summed E-state index contributed by atoms with van der Waals surface area (Å²) in [6.07, 6.45) is 0. The van der Waals surface area contributed by atoms with Gasteiger partial charge >= 0.3 is 0 Å². The molecule has 0 aliphatic rings. The Balaban J connectivity index is 2.51. The maximum absolute atomic E-state index is 11.9. The van der Waals surface area contributed by atoms with E-state index in [1.54, 1.807) is 0 Å². The lowest BCUT2D eigenvalue weighted by Gasteiger charge is -2.21. The standard InChI is InChI=1S/C15H23N3O2/c1-4-18(5-2)14-8-6-13(7-9-14)15(20)17-11-10-16-12(3)19/h6-9H,4-5,10-11H2,1-3H3,(H,16,19)(H,17,20). The highest BCUT2D eigenvalue weighted by Crippen LogP contribution is 2.14. The van der Waals surface area contributed by atoms with Gasteiger partial charge in [-0.05, 0) is 38.1 Å². The van der Waals surface area contributed by atoms with E-state index in [0.717, 1.165) is 18.8 Å². The predicted molar refractivity (Wildman–Crippen MR) is 81.0 cm³/mol. The monoisotopic (exact) mass is 277 g/mol. The Kier molecular flexibility index (Phi) is 6.56. The number of carbonyl (C=O) groups is 2. The third-order valence-corrected chi connectivity index (χ3v) is 3.04. The third-order valence-electron chi connectivity index (χ3n) is 3.04. The van der Waals surface area contributed by atoms with E-state index in [1.807, 2.05) is 24.3 Å². The van der Waals surface area contributed by atoms with Gasteiger partial charge in [0.05, 0.1) is 0 Å². The van der Waals surface area contributed by atoms with Gasteiger partial charge in [-0.3, -0.25) is 9.59 Å². The number of benzene rings is 1. The van der Waals surface area contributed by atoms with Crippen LogP contribution in [0.4, 0.5) is 5.69 Å². The Bertz CT molecular complexity index is 439. The molecule has 0 unspecified atom stereocenters. The summed E-state index contributed by atoms with van der Waals surface area (Å²) < 4.78 is 0. The zero-order chi connectivity index (χ0) is 15.0. The molecule has 1 aromatic carbocycles. The van der Waals surface area contributed by atoms with Crippen molar-refractivity contribution in [3.8, 4) is 0 Å². The molecule has 0 aromatic heterocycles. The van der Waals surface area contributed by atoms with Crippen molar-refractivity contribution >= 4 is 17.5 Å². The first kappa shape index (κ1) is 16.0. The van der Waals surface area contributed by atoms with E-state index in [-0.39, 0.29) is 11.8 Å². The molecule has 2 amide bonds. The minimum absolute atomic E-state index is 0.0946. The van der Waals surface area contributed by atoms with Gasteiger partial charge in [-0.25, -0.2) is 0 Å². The van der Waals surface area contributed by atoms with Crippen LogP contribution in [-0.2, 0) is 4.79 Å². The van der Waals surface area contributed by atoms with Crippen LogP contribution in [-0.4, -0.2) is 38.0 Å². The van der Waals surface area contributed by atoms with E-state index in [4.69, 9.17) is 0 Å². The topological polar surface area (TPSA) is 61.4 Å². The molecule has 0 saturated carbocycles. The first-order valence-corrected chi connectivity index (χ1v) is 6.96. The maximum atomic E-state index is 11.9. The number of amides is 2. The number of hydrogen-bond acceptors (Lipinski definition) is 3. The fourth-order valence-corrected chi connectivity index (χ4v) is 1.93. The van der Waals surface area contributed by atoms with E-state index in [1.165, 1.54) is 6.92 Å². The molecule has 0 aliphatic heterocycles. The van der Waals surface area contributed by atoms with Crippen molar-refractivity contribution in [2.24, 2.45) is 0 Å². The summed E-state index contributed by atoms with van der Waals surface area (Å²) in [5.74, 6) is -0.218. The van der Waals surface area contributed by atoms with Crippen LogP contribution in [0.1, 0.15) is 31.1 Å². The van der Waals surface area contributed by atoms with Crippen LogP contribution in [0.25, 0.3) is 0 Å². The number of nitrogens with one attached hydrogen (secondary N) is 2. The minimum atomic E-state index is -0.124. The summed E-state index contributed by atoms with van der Waals surface area (Å²) in [5.41, 5.74) is 1.74. The van der Waals surface area contributed by atoms with Crippen LogP contribution >= 0.6 is 0 Å². The maximum Gasteiger partial charge on any atom is 0.251 e. The molecule has 5 nitrogen and oxygen atoms in total. The van der Waals surface area contributed by atoms with Crippen molar-refractivity contribution in [1.82, 2.24) is 10.6 Å². The molecule has 110 valence electrons.